The average Bonchev–Trinajstić information content (AvgIpc) is 3.63. The van der Waals surface area contributed by atoms with Gasteiger partial charge in [-0.15, -0.1) is 0 Å². The van der Waals surface area contributed by atoms with Crippen molar-refractivity contribution in [2.45, 2.75) is 76.6 Å². The van der Waals surface area contributed by atoms with Crippen LogP contribution in [-0.2, 0) is 43.4 Å². The van der Waals surface area contributed by atoms with Gasteiger partial charge in [-0.05, 0) is 56.6 Å². The van der Waals surface area contributed by atoms with Crippen LogP contribution in [0.25, 0.3) is 0 Å². The van der Waals surface area contributed by atoms with E-state index in [-0.39, 0.29) is 48.8 Å². The van der Waals surface area contributed by atoms with E-state index in [1.165, 1.54) is 44.4 Å². The van der Waals surface area contributed by atoms with Gasteiger partial charge in [0.25, 0.3) is 5.69 Å². The number of nitrogens with zero attached hydrogens (tertiary/aromatic N) is 2. The first kappa shape index (κ1) is 38.0. The molecule has 16 heteroatoms. The summed E-state index contributed by atoms with van der Waals surface area (Å²) in [6.07, 6.45) is 4.70. The second kappa shape index (κ2) is 17.7. The van der Waals surface area contributed by atoms with Gasteiger partial charge in [-0.3, -0.25) is 24.5 Å². The highest BCUT2D eigenvalue weighted by Gasteiger charge is 2.36. The van der Waals surface area contributed by atoms with Crippen LogP contribution in [0.3, 0.4) is 0 Å². The fourth-order valence-electron chi connectivity index (χ4n) is 5.72. The maximum Gasteiger partial charge on any atom is 0.408 e. The lowest BCUT2D eigenvalue weighted by Gasteiger charge is -2.32. The SMILES string of the molecule is CC(C)(NC(=O)C1CCC(CNC(=O)[C@H](Cc2cnc[nH]2)NC(=O)OCc2ccccc2)CC1)C(=O)N[C@@H](Cc1ccc([N+](=O)[O-])cc1)C(=O)O. The molecule has 1 aliphatic rings. The third-order valence-electron chi connectivity index (χ3n) is 8.78. The number of benzene rings is 2. The number of nitrogens with one attached hydrogen (secondary N) is 5. The summed E-state index contributed by atoms with van der Waals surface area (Å²) in [4.78, 5) is 81.2. The highest BCUT2D eigenvalue weighted by molar-refractivity contribution is 5.93. The van der Waals surface area contributed by atoms with Crippen molar-refractivity contribution >= 4 is 35.5 Å². The molecule has 3 aromatic rings. The molecular formula is C35H43N7O9. The van der Waals surface area contributed by atoms with Crippen molar-refractivity contribution in [2.75, 3.05) is 6.54 Å². The predicted molar refractivity (Wildman–Crippen MR) is 183 cm³/mol. The fraction of sp³-hybridized carbons (Fsp3) is 0.429. The molecule has 1 aromatic heterocycles. The second-order valence-corrected chi connectivity index (χ2v) is 13.1. The van der Waals surface area contributed by atoms with E-state index < -0.39 is 40.5 Å². The van der Waals surface area contributed by atoms with Crippen LogP contribution < -0.4 is 21.3 Å². The van der Waals surface area contributed by atoms with Crippen molar-refractivity contribution in [3.63, 3.8) is 0 Å². The Morgan fingerprint density at radius 1 is 0.961 bits per heavy atom. The number of nitro benzene ring substituents is 1. The number of hydrogen-bond acceptors (Lipinski definition) is 9. The molecule has 0 spiro atoms. The molecule has 1 fully saturated rings. The van der Waals surface area contributed by atoms with E-state index in [0.29, 0.717) is 43.5 Å². The minimum atomic E-state index is -1.43. The molecular weight excluding hydrogens is 662 g/mol. The first-order chi connectivity index (χ1) is 24.3. The number of aliphatic carboxylic acids is 1. The number of aromatic amines is 1. The Labute approximate surface area is 294 Å². The van der Waals surface area contributed by atoms with Crippen LogP contribution in [0, 0.1) is 22.0 Å². The van der Waals surface area contributed by atoms with Crippen LogP contribution >= 0.6 is 0 Å². The Bertz CT molecular complexity index is 1660. The molecule has 272 valence electrons. The van der Waals surface area contributed by atoms with Gasteiger partial charge >= 0.3 is 12.1 Å². The number of carbonyl (C=O) groups excluding carboxylic acids is 4. The van der Waals surface area contributed by atoms with Gasteiger partial charge in [-0.25, -0.2) is 14.6 Å². The summed E-state index contributed by atoms with van der Waals surface area (Å²) in [5.41, 5.74) is 0.378. The third-order valence-corrected chi connectivity index (χ3v) is 8.78. The summed E-state index contributed by atoms with van der Waals surface area (Å²) in [6.45, 7) is 3.36. The Morgan fingerprint density at radius 3 is 2.25 bits per heavy atom. The molecule has 0 aliphatic heterocycles. The quantitative estimate of drug-likeness (QED) is 0.0942. The number of alkyl carbamates (subject to hydrolysis) is 1. The Hall–Kier alpha value is -5.80. The van der Waals surface area contributed by atoms with E-state index in [1.54, 1.807) is 6.20 Å². The van der Waals surface area contributed by atoms with Crippen LogP contribution in [0.2, 0.25) is 0 Å². The number of carbonyl (C=O) groups is 5. The number of rotatable bonds is 16. The van der Waals surface area contributed by atoms with Gasteiger partial charge in [-0.2, -0.15) is 0 Å². The number of amides is 4. The topological polar surface area (TPSA) is 235 Å². The minimum Gasteiger partial charge on any atom is -0.480 e. The van der Waals surface area contributed by atoms with Gasteiger partial charge in [0, 0.05) is 49.3 Å². The first-order valence-electron chi connectivity index (χ1n) is 16.6. The number of hydrogen-bond donors (Lipinski definition) is 6. The molecule has 0 bridgehead atoms. The van der Waals surface area contributed by atoms with E-state index >= 15 is 0 Å². The number of imidazole rings is 1. The van der Waals surface area contributed by atoms with E-state index in [0.717, 1.165) is 5.56 Å². The van der Waals surface area contributed by atoms with Crippen LogP contribution in [-0.4, -0.2) is 73.9 Å². The minimum absolute atomic E-state index is 0.0525. The Balaban J connectivity index is 1.23. The van der Waals surface area contributed by atoms with Gasteiger partial charge in [-0.1, -0.05) is 42.5 Å². The molecule has 6 N–H and O–H groups in total. The van der Waals surface area contributed by atoms with Crippen molar-refractivity contribution in [1.82, 2.24) is 31.2 Å². The van der Waals surface area contributed by atoms with Gasteiger partial charge in [0.2, 0.25) is 17.7 Å². The summed E-state index contributed by atoms with van der Waals surface area (Å²) >= 11 is 0. The first-order valence-corrected chi connectivity index (χ1v) is 16.6. The monoisotopic (exact) mass is 705 g/mol. The molecule has 0 saturated heterocycles. The van der Waals surface area contributed by atoms with Gasteiger partial charge in [0.1, 0.15) is 24.2 Å². The molecule has 1 aliphatic carbocycles. The summed E-state index contributed by atoms with van der Waals surface area (Å²) in [5, 5.41) is 31.4. The Kier molecular flexibility index (Phi) is 13.2. The maximum atomic E-state index is 13.2. The van der Waals surface area contributed by atoms with Crippen molar-refractivity contribution in [1.29, 1.82) is 0 Å². The van der Waals surface area contributed by atoms with Gasteiger partial charge in [0.15, 0.2) is 0 Å². The van der Waals surface area contributed by atoms with E-state index in [2.05, 4.69) is 31.2 Å². The number of carboxylic acids is 1. The average molecular weight is 706 g/mol. The molecule has 16 nitrogen and oxygen atoms in total. The Morgan fingerprint density at radius 2 is 1.65 bits per heavy atom. The van der Waals surface area contributed by atoms with Crippen LogP contribution in [0.4, 0.5) is 10.5 Å². The summed E-state index contributed by atoms with van der Waals surface area (Å²) < 4.78 is 5.31. The zero-order valence-electron chi connectivity index (χ0n) is 28.4. The highest BCUT2D eigenvalue weighted by atomic mass is 16.6. The fourth-order valence-corrected chi connectivity index (χ4v) is 5.72. The van der Waals surface area contributed by atoms with Gasteiger partial charge < -0.3 is 36.1 Å². The van der Waals surface area contributed by atoms with Gasteiger partial charge in [0.05, 0.1) is 11.3 Å². The van der Waals surface area contributed by atoms with Crippen LogP contribution in [0.5, 0.6) is 0 Å². The van der Waals surface area contributed by atoms with Crippen LogP contribution in [0.1, 0.15) is 56.4 Å². The molecule has 0 unspecified atom stereocenters. The predicted octanol–water partition coefficient (Wildman–Crippen LogP) is 2.78. The number of ether oxygens (including phenoxy) is 1. The number of H-pyrrole nitrogens is 1. The van der Waals surface area contributed by atoms with E-state index in [9.17, 15) is 39.2 Å². The lowest BCUT2D eigenvalue weighted by atomic mass is 9.81. The molecule has 51 heavy (non-hydrogen) atoms. The zero-order chi connectivity index (χ0) is 37.0. The normalized spacial score (nSPS) is 16.9. The largest absolute Gasteiger partial charge is 0.480 e. The van der Waals surface area contributed by atoms with Crippen molar-refractivity contribution < 1.29 is 38.7 Å². The zero-order valence-corrected chi connectivity index (χ0v) is 28.4. The number of carboxylic acid groups (broad SMARTS) is 1. The number of non-ortho nitro benzene ring substituents is 1. The molecule has 1 heterocycles. The number of nitro groups is 1. The number of aromatic nitrogens is 2. The van der Waals surface area contributed by atoms with Crippen molar-refractivity contribution in [2.24, 2.45) is 11.8 Å². The smallest absolute Gasteiger partial charge is 0.408 e. The second-order valence-electron chi connectivity index (χ2n) is 13.1. The molecule has 2 atom stereocenters. The van der Waals surface area contributed by atoms with E-state index in [4.69, 9.17) is 4.74 Å². The third kappa shape index (κ3) is 11.6. The summed E-state index contributed by atoms with van der Waals surface area (Å²) in [7, 11) is 0. The van der Waals surface area contributed by atoms with Crippen LogP contribution in [0.15, 0.2) is 67.1 Å². The highest BCUT2D eigenvalue weighted by Crippen LogP contribution is 2.29. The lowest BCUT2D eigenvalue weighted by molar-refractivity contribution is -0.384. The standard InChI is InChI=1S/C35H43N7O9/c1-35(2,33(47)39-29(32(45)46)16-22-10-14-27(15-11-22)42(49)50)41-30(43)25-12-8-23(9-13-25)18-37-31(44)28(17-26-19-36-21-38-26)40-34(48)51-20-24-6-4-3-5-7-24/h3-7,10-11,14-15,19,21,23,25,28-29H,8-9,12-13,16-18,20H2,1-2H3,(H,36,38)(H,37,44)(H,39,47)(H,40,48)(H,41,43)(H,45,46)/t23?,25?,28-,29-/m0/s1. The molecule has 4 rings (SSSR count). The molecule has 4 amide bonds. The molecule has 1 saturated carbocycles. The lowest BCUT2D eigenvalue weighted by Crippen LogP contribution is -2.59. The molecule has 2 aromatic carbocycles. The maximum absolute atomic E-state index is 13.2. The van der Waals surface area contributed by atoms with Crippen molar-refractivity contribution in [3.05, 3.63) is 94.1 Å². The van der Waals surface area contributed by atoms with Crippen molar-refractivity contribution in [3.8, 4) is 0 Å². The summed E-state index contributed by atoms with van der Waals surface area (Å²) in [5.74, 6) is -3.00. The van der Waals surface area contributed by atoms with E-state index in [1.807, 2.05) is 30.3 Å². The molecule has 0 radical (unpaired) electrons. The summed E-state index contributed by atoms with van der Waals surface area (Å²) in [6, 6.07) is 12.3.